The van der Waals surface area contributed by atoms with Gasteiger partial charge in [-0.1, -0.05) is 17.7 Å². The second-order valence-electron chi connectivity index (χ2n) is 4.38. The van der Waals surface area contributed by atoms with Crippen LogP contribution in [-0.4, -0.2) is 9.91 Å². The molecule has 0 saturated carbocycles. The standard InChI is InChI=1S/C14H14ClN3O2/c1-10(11-5-7-16-8-6-11)17-9-12-13(15)3-2-4-14(12)18(19)20/h2-8,10,17H,9H2,1H3/t10-/m1/s1. The van der Waals surface area contributed by atoms with Gasteiger partial charge >= 0.3 is 0 Å². The Labute approximate surface area is 121 Å². The van der Waals surface area contributed by atoms with Crippen molar-refractivity contribution in [1.82, 2.24) is 10.3 Å². The molecule has 0 bridgehead atoms. The Hall–Kier alpha value is -1.98. The number of pyridine rings is 1. The van der Waals surface area contributed by atoms with Crippen molar-refractivity contribution in [2.45, 2.75) is 19.5 Å². The maximum absolute atomic E-state index is 11.0. The van der Waals surface area contributed by atoms with Crippen LogP contribution in [0.1, 0.15) is 24.1 Å². The van der Waals surface area contributed by atoms with Gasteiger partial charge in [0.25, 0.3) is 5.69 Å². The topological polar surface area (TPSA) is 68.1 Å². The third-order valence-electron chi connectivity index (χ3n) is 3.08. The molecule has 5 nitrogen and oxygen atoms in total. The molecule has 6 heteroatoms. The molecule has 0 amide bonds. The minimum absolute atomic E-state index is 0.0342. The van der Waals surface area contributed by atoms with Crippen molar-refractivity contribution in [3.05, 3.63) is 69.0 Å². The van der Waals surface area contributed by atoms with E-state index in [1.54, 1.807) is 24.5 Å². The average molecular weight is 292 g/mol. The normalized spacial score (nSPS) is 12.1. The first-order chi connectivity index (χ1) is 9.59. The van der Waals surface area contributed by atoms with Crippen LogP contribution < -0.4 is 5.32 Å². The minimum Gasteiger partial charge on any atom is -0.306 e. The number of nitro groups is 1. The molecule has 0 saturated heterocycles. The molecule has 2 rings (SSSR count). The Balaban J connectivity index is 2.13. The van der Waals surface area contributed by atoms with Gasteiger partial charge in [-0.15, -0.1) is 0 Å². The summed E-state index contributed by atoms with van der Waals surface area (Å²) in [7, 11) is 0. The number of hydrogen-bond donors (Lipinski definition) is 1. The molecule has 20 heavy (non-hydrogen) atoms. The molecule has 0 fully saturated rings. The number of hydrogen-bond acceptors (Lipinski definition) is 4. The predicted molar refractivity (Wildman–Crippen MR) is 77.6 cm³/mol. The summed E-state index contributed by atoms with van der Waals surface area (Å²) in [4.78, 5) is 14.5. The fourth-order valence-corrected chi connectivity index (χ4v) is 2.15. The SMILES string of the molecule is C[C@@H](NCc1c(Cl)cccc1[N+](=O)[O-])c1ccncc1. The second-order valence-corrected chi connectivity index (χ2v) is 4.78. The van der Waals surface area contributed by atoms with Gasteiger partial charge < -0.3 is 5.32 Å². The van der Waals surface area contributed by atoms with Crippen LogP contribution in [0.3, 0.4) is 0 Å². The van der Waals surface area contributed by atoms with Gasteiger partial charge in [0.1, 0.15) is 0 Å². The van der Waals surface area contributed by atoms with E-state index in [1.807, 2.05) is 19.1 Å². The molecule has 0 spiro atoms. The minimum atomic E-state index is -0.417. The van der Waals surface area contributed by atoms with Crippen LogP contribution in [0.4, 0.5) is 5.69 Å². The number of nitrogens with one attached hydrogen (secondary N) is 1. The molecule has 0 aliphatic carbocycles. The molecule has 1 aromatic heterocycles. The summed E-state index contributed by atoms with van der Waals surface area (Å²) in [6.07, 6.45) is 3.43. The molecule has 0 aliphatic rings. The number of halogens is 1. The number of aromatic nitrogens is 1. The smallest absolute Gasteiger partial charge is 0.275 e. The van der Waals surface area contributed by atoms with E-state index in [2.05, 4.69) is 10.3 Å². The number of nitro benzene ring substituents is 1. The first-order valence-electron chi connectivity index (χ1n) is 6.14. The van der Waals surface area contributed by atoms with E-state index in [0.717, 1.165) is 5.56 Å². The summed E-state index contributed by atoms with van der Waals surface area (Å²) in [6.45, 7) is 2.32. The zero-order valence-corrected chi connectivity index (χ0v) is 11.7. The lowest BCUT2D eigenvalue weighted by molar-refractivity contribution is -0.385. The summed E-state index contributed by atoms with van der Waals surface area (Å²) in [6, 6.07) is 8.55. The van der Waals surface area contributed by atoms with Crippen LogP contribution >= 0.6 is 11.6 Å². The molecule has 2 aromatic rings. The Kier molecular flexibility index (Phi) is 4.65. The summed E-state index contributed by atoms with van der Waals surface area (Å²) in [5, 5.41) is 14.6. The van der Waals surface area contributed by atoms with E-state index in [-0.39, 0.29) is 11.7 Å². The Morgan fingerprint density at radius 3 is 2.70 bits per heavy atom. The third kappa shape index (κ3) is 3.31. The quantitative estimate of drug-likeness (QED) is 0.676. The molecule has 0 unspecified atom stereocenters. The highest BCUT2D eigenvalue weighted by Gasteiger charge is 2.17. The van der Waals surface area contributed by atoms with Crippen molar-refractivity contribution >= 4 is 17.3 Å². The molecule has 1 heterocycles. The monoisotopic (exact) mass is 291 g/mol. The Morgan fingerprint density at radius 2 is 2.05 bits per heavy atom. The van der Waals surface area contributed by atoms with Crippen LogP contribution in [0.5, 0.6) is 0 Å². The molecule has 104 valence electrons. The molecule has 0 radical (unpaired) electrons. The molecule has 0 aliphatic heterocycles. The highest BCUT2D eigenvalue weighted by molar-refractivity contribution is 6.31. The molecule has 1 atom stereocenters. The predicted octanol–water partition coefficient (Wildman–Crippen LogP) is 3.49. The molecular formula is C14H14ClN3O2. The number of rotatable bonds is 5. The molecule has 1 N–H and O–H groups in total. The zero-order chi connectivity index (χ0) is 14.5. The van der Waals surface area contributed by atoms with Gasteiger partial charge in [0.2, 0.25) is 0 Å². The van der Waals surface area contributed by atoms with Crippen molar-refractivity contribution in [3.8, 4) is 0 Å². The average Bonchev–Trinajstić information content (AvgIpc) is 2.46. The Bertz CT molecular complexity index is 605. The zero-order valence-electron chi connectivity index (χ0n) is 10.9. The fraction of sp³-hybridized carbons (Fsp3) is 0.214. The van der Waals surface area contributed by atoms with Gasteiger partial charge in [0.05, 0.1) is 15.5 Å². The van der Waals surface area contributed by atoms with Crippen molar-refractivity contribution < 1.29 is 4.92 Å². The van der Waals surface area contributed by atoms with Crippen LogP contribution in [0.25, 0.3) is 0 Å². The maximum Gasteiger partial charge on any atom is 0.275 e. The highest BCUT2D eigenvalue weighted by Crippen LogP contribution is 2.26. The van der Waals surface area contributed by atoms with Gasteiger partial charge in [-0.2, -0.15) is 0 Å². The van der Waals surface area contributed by atoms with E-state index < -0.39 is 4.92 Å². The largest absolute Gasteiger partial charge is 0.306 e. The maximum atomic E-state index is 11.0. The lowest BCUT2D eigenvalue weighted by Gasteiger charge is -2.14. The van der Waals surface area contributed by atoms with E-state index in [1.165, 1.54) is 6.07 Å². The lowest BCUT2D eigenvalue weighted by atomic mass is 10.1. The highest BCUT2D eigenvalue weighted by atomic mass is 35.5. The van der Waals surface area contributed by atoms with Crippen LogP contribution in [-0.2, 0) is 6.54 Å². The van der Waals surface area contributed by atoms with E-state index >= 15 is 0 Å². The van der Waals surface area contributed by atoms with Gasteiger partial charge in [0, 0.05) is 31.0 Å². The van der Waals surface area contributed by atoms with Crippen LogP contribution in [0.2, 0.25) is 5.02 Å². The van der Waals surface area contributed by atoms with Crippen LogP contribution in [0, 0.1) is 10.1 Å². The van der Waals surface area contributed by atoms with E-state index in [0.29, 0.717) is 17.1 Å². The first kappa shape index (κ1) is 14.4. The molecule has 1 aromatic carbocycles. The number of nitrogens with zero attached hydrogens (tertiary/aromatic N) is 2. The van der Waals surface area contributed by atoms with Gasteiger partial charge in [-0.3, -0.25) is 15.1 Å². The van der Waals surface area contributed by atoms with Crippen molar-refractivity contribution in [2.75, 3.05) is 0 Å². The first-order valence-corrected chi connectivity index (χ1v) is 6.52. The summed E-state index contributed by atoms with van der Waals surface area (Å²) < 4.78 is 0. The Morgan fingerprint density at radius 1 is 1.35 bits per heavy atom. The van der Waals surface area contributed by atoms with E-state index in [9.17, 15) is 10.1 Å². The third-order valence-corrected chi connectivity index (χ3v) is 3.44. The van der Waals surface area contributed by atoms with Gasteiger partial charge in [0.15, 0.2) is 0 Å². The van der Waals surface area contributed by atoms with Crippen molar-refractivity contribution in [3.63, 3.8) is 0 Å². The van der Waals surface area contributed by atoms with Crippen LogP contribution in [0.15, 0.2) is 42.7 Å². The van der Waals surface area contributed by atoms with E-state index in [4.69, 9.17) is 11.6 Å². The summed E-state index contributed by atoms with van der Waals surface area (Å²) >= 11 is 6.05. The summed E-state index contributed by atoms with van der Waals surface area (Å²) in [5.74, 6) is 0. The van der Waals surface area contributed by atoms with Crippen molar-refractivity contribution in [2.24, 2.45) is 0 Å². The lowest BCUT2D eigenvalue weighted by Crippen LogP contribution is -2.19. The fourth-order valence-electron chi connectivity index (χ4n) is 1.92. The van der Waals surface area contributed by atoms with Gasteiger partial charge in [-0.25, -0.2) is 0 Å². The number of benzene rings is 1. The van der Waals surface area contributed by atoms with Gasteiger partial charge in [-0.05, 0) is 30.7 Å². The second kappa shape index (κ2) is 6.45. The van der Waals surface area contributed by atoms with Crippen molar-refractivity contribution in [1.29, 1.82) is 0 Å². The molecular weight excluding hydrogens is 278 g/mol. The summed E-state index contributed by atoms with van der Waals surface area (Å²) in [5.41, 5.74) is 1.60.